The van der Waals surface area contributed by atoms with Crippen LogP contribution < -0.4 is 5.76 Å². The molecule has 1 saturated heterocycles. The van der Waals surface area contributed by atoms with Crippen molar-refractivity contribution in [2.24, 2.45) is 5.92 Å². The Labute approximate surface area is 132 Å². The molecule has 1 fully saturated rings. The quantitative estimate of drug-likeness (QED) is 0.783. The maximum Gasteiger partial charge on any atom is 0.419 e. The third-order valence-corrected chi connectivity index (χ3v) is 5.38. The number of hydrogen-bond acceptors (Lipinski definition) is 3. The normalized spacial score (nSPS) is 23.8. The number of aryl methyl sites for hydroxylation is 1. The summed E-state index contributed by atoms with van der Waals surface area (Å²) in [5, 5.41) is 0. The minimum Gasteiger partial charge on any atom is -0.408 e. The van der Waals surface area contributed by atoms with E-state index in [0.717, 1.165) is 30.5 Å². The zero-order chi connectivity index (χ0) is 15.0. The fourth-order valence-electron chi connectivity index (χ4n) is 3.02. The van der Waals surface area contributed by atoms with Crippen molar-refractivity contribution in [3.63, 3.8) is 0 Å². The van der Waals surface area contributed by atoms with Crippen molar-refractivity contribution >= 4 is 27.0 Å². The number of oxazole rings is 1. The predicted molar refractivity (Wildman–Crippen MR) is 86.0 cm³/mol. The Balaban J connectivity index is 1.92. The summed E-state index contributed by atoms with van der Waals surface area (Å²) in [6.07, 6.45) is 2.28. The molecule has 2 aromatic rings. The Morgan fingerprint density at radius 2 is 2.29 bits per heavy atom. The second-order valence-electron chi connectivity index (χ2n) is 5.79. The van der Waals surface area contributed by atoms with Crippen molar-refractivity contribution in [2.75, 3.05) is 6.61 Å². The summed E-state index contributed by atoms with van der Waals surface area (Å²) in [6.45, 7) is 5.62. The molecule has 2 heterocycles. The smallest absolute Gasteiger partial charge is 0.408 e. The summed E-state index contributed by atoms with van der Waals surface area (Å²) in [5.41, 5.74) is 2.69. The average molecular weight is 354 g/mol. The van der Waals surface area contributed by atoms with Crippen LogP contribution in [-0.4, -0.2) is 17.3 Å². The molecule has 0 N–H and O–H groups in total. The average Bonchev–Trinajstić information content (AvgIpc) is 3.02. The third-order valence-electron chi connectivity index (χ3n) is 4.10. The molecule has 0 amide bonds. The van der Waals surface area contributed by atoms with Crippen LogP contribution in [0, 0.1) is 5.92 Å². The molecule has 1 aliphatic heterocycles. The molecule has 21 heavy (non-hydrogen) atoms. The molecule has 0 radical (unpaired) electrons. The fourth-order valence-corrected chi connectivity index (χ4v) is 3.67. The van der Waals surface area contributed by atoms with Crippen molar-refractivity contribution in [1.29, 1.82) is 0 Å². The first-order valence-electron chi connectivity index (χ1n) is 7.49. The van der Waals surface area contributed by atoms with Gasteiger partial charge in [-0.25, -0.2) is 4.79 Å². The van der Waals surface area contributed by atoms with Gasteiger partial charge >= 0.3 is 5.76 Å². The number of fused-ring (bicyclic) bond motifs is 1. The molecule has 3 unspecified atom stereocenters. The zero-order valence-corrected chi connectivity index (χ0v) is 13.9. The highest BCUT2D eigenvalue weighted by Crippen LogP contribution is 2.38. The van der Waals surface area contributed by atoms with Gasteiger partial charge in [0, 0.05) is 17.3 Å². The molecule has 114 valence electrons. The molecule has 0 saturated carbocycles. The Morgan fingerprint density at radius 3 is 2.95 bits per heavy atom. The molecule has 0 bridgehead atoms. The van der Waals surface area contributed by atoms with Crippen LogP contribution in [0.5, 0.6) is 0 Å². The van der Waals surface area contributed by atoms with Crippen LogP contribution in [0.2, 0.25) is 0 Å². The summed E-state index contributed by atoms with van der Waals surface area (Å²) < 4.78 is 12.7. The van der Waals surface area contributed by atoms with Crippen molar-refractivity contribution in [3.05, 3.63) is 34.3 Å². The highest BCUT2D eigenvalue weighted by molar-refractivity contribution is 9.09. The first kappa shape index (κ1) is 14.9. The Kier molecular flexibility index (Phi) is 4.22. The van der Waals surface area contributed by atoms with E-state index < -0.39 is 0 Å². The molecular formula is C16H20BrNO3. The molecule has 5 heteroatoms. The molecule has 1 aromatic heterocycles. The molecule has 3 atom stereocenters. The van der Waals surface area contributed by atoms with Gasteiger partial charge in [0.15, 0.2) is 5.58 Å². The van der Waals surface area contributed by atoms with E-state index in [2.05, 4.69) is 35.8 Å². The number of hydrogen-bond donors (Lipinski definition) is 0. The number of halogens is 1. The zero-order valence-electron chi connectivity index (χ0n) is 12.3. The van der Waals surface area contributed by atoms with Crippen molar-refractivity contribution < 1.29 is 9.15 Å². The summed E-state index contributed by atoms with van der Waals surface area (Å²) in [6, 6.07) is 6.04. The number of nitrogens with zero attached hydrogens (tertiary/aromatic N) is 1. The Morgan fingerprint density at radius 1 is 1.48 bits per heavy atom. The van der Waals surface area contributed by atoms with E-state index in [1.807, 2.05) is 12.1 Å². The van der Waals surface area contributed by atoms with E-state index in [4.69, 9.17) is 9.15 Å². The summed E-state index contributed by atoms with van der Waals surface area (Å²) in [7, 11) is 0. The Bertz CT molecular complexity index is 690. The first-order valence-corrected chi connectivity index (χ1v) is 8.40. The van der Waals surface area contributed by atoms with Crippen LogP contribution in [-0.2, 0) is 11.3 Å². The van der Waals surface area contributed by atoms with Crippen molar-refractivity contribution in [1.82, 2.24) is 4.57 Å². The molecule has 0 aliphatic carbocycles. The fraction of sp³-hybridized carbons (Fsp3) is 0.562. The standard InChI is InChI=1S/C16H20BrNO3/c1-3-6-18-13-5-4-11(8-14(13)21-16(18)19)15(17)12-7-10(2)20-9-12/h4-5,8,10,12,15H,3,6-7,9H2,1-2H3. The van der Waals surface area contributed by atoms with Gasteiger partial charge in [-0.3, -0.25) is 4.57 Å². The molecule has 3 rings (SSSR count). The second-order valence-corrected chi connectivity index (χ2v) is 6.77. The van der Waals surface area contributed by atoms with Gasteiger partial charge in [0.05, 0.1) is 18.2 Å². The van der Waals surface area contributed by atoms with Gasteiger partial charge in [-0.05, 0) is 37.5 Å². The highest BCUT2D eigenvalue weighted by Gasteiger charge is 2.29. The molecule has 1 aliphatic rings. The van der Waals surface area contributed by atoms with Gasteiger partial charge in [-0.15, -0.1) is 0 Å². The van der Waals surface area contributed by atoms with E-state index in [1.54, 1.807) is 4.57 Å². The van der Waals surface area contributed by atoms with E-state index in [1.165, 1.54) is 0 Å². The van der Waals surface area contributed by atoms with Crippen LogP contribution in [0.25, 0.3) is 11.1 Å². The van der Waals surface area contributed by atoms with Gasteiger partial charge in [0.1, 0.15) is 0 Å². The molecular weight excluding hydrogens is 334 g/mol. The number of aromatic nitrogens is 1. The van der Waals surface area contributed by atoms with Gasteiger partial charge in [0.2, 0.25) is 0 Å². The summed E-state index contributed by atoms with van der Waals surface area (Å²) in [5.74, 6) is 0.190. The van der Waals surface area contributed by atoms with Crippen molar-refractivity contribution in [3.8, 4) is 0 Å². The van der Waals surface area contributed by atoms with Crippen molar-refractivity contribution in [2.45, 2.75) is 44.2 Å². The minimum atomic E-state index is -0.270. The second kappa shape index (κ2) is 5.97. The third kappa shape index (κ3) is 2.81. The Hall–Kier alpha value is -1.07. The maximum atomic E-state index is 11.9. The van der Waals surface area contributed by atoms with E-state index in [-0.39, 0.29) is 10.6 Å². The molecule has 0 spiro atoms. The lowest BCUT2D eigenvalue weighted by atomic mass is 9.96. The monoisotopic (exact) mass is 353 g/mol. The molecule has 4 nitrogen and oxygen atoms in total. The van der Waals surface area contributed by atoms with Gasteiger partial charge in [-0.2, -0.15) is 0 Å². The SMILES string of the molecule is CCCn1c(=O)oc2cc(C(Br)C3COC(C)C3)ccc21. The van der Waals surface area contributed by atoms with Gasteiger partial charge < -0.3 is 9.15 Å². The predicted octanol–water partition coefficient (Wildman–Crippen LogP) is 3.87. The lowest BCUT2D eigenvalue weighted by Crippen LogP contribution is -2.13. The topological polar surface area (TPSA) is 44.4 Å². The lowest BCUT2D eigenvalue weighted by Gasteiger charge is -2.16. The highest BCUT2D eigenvalue weighted by atomic mass is 79.9. The van der Waals surface area contributed by atoms with E-state index >= 15 is 0 Å². The number of rotatable bonds is 4. The van der Waals surface area contributed by atoms with E-state index in [0.29, 0.717) is 24.1 Å². The number of alkyl halides is 1. The number of benzene rings is 1. The van der Waals surface area contributed by atoms with Crippen LogP contribution in [0.4, 0.5) is 0 Å². The van der Waals surface area contributed by atoms with Crippen LogP contribution in [0.15, 0.2) is 27.4 Å². The van der Waals surface area contributed by atoms with Crippen LogP contribution in [0.3, 0.4) is 0 Å². The summed E-state index contributed by atoms with van der Waals surface area (Å²) >= 11 is 3.78. The van der Waals surface area contributed by atoms with Crippen LogP contribution >= 0.6 is 15.9 Å². The van der Waals surface area contributed by atoms with Gasteiger partial charge in [0.25, 0.3) is 0 Å². The molecule has 1 aromatic carbocycles. The largest absolute Gasteiger partial charge is 0.419 e. The maximum absolute atomic E-state index is 11.9. The minimum absolute atomic E-state index is 0.228. The lowest BCUT2D eigenvalue weighted by molar-refractivity contribution is 0.120. The van der Waals surface area contributed by atoms with Crippen LogP contribution in [0.1, 0.15) is 37.1 Å². The number of ether oxygens (including phenoxy) is 1. The van der Waals surface area contributed by atoms with Gasteiger partial charge in [-0.1, -0.05) is 28.9 Å². The summed E-state index contributed by atoms with van der Waals surface area (Å²) in [4.78, 5) is 12.1. The first-order chi connectivity index (χ1) is 10.1. The van der Waals surface area contributed by atoms with E-state index in [9.17, 15) is 4.79 Å².